The number of allylic oxidation sites excluding steroid dienone is 3. The van der Waals surface area contributed by atoms with Crippen LogP contribution in [0.4, 0.5) is 0 Å². The molecule has 2 heteroatoms. The first-order valence-electron chi connectivity index (χ1n) is 5.17. The molecule has 0 fully saturated rings. The number of hydrogen-bond acceptors (Lipinski definition) is 2. The van der Waals surface area contributed by atoms with Gasteiger partial charge in [-0.1, -0.05) is 17.7 Å². The lowest BCUT2D eigenvalue weighted by atomic mass is 9.95. The summed E-state index contributed by atoms with van der Waals surface area (Å²) < 4.78 is 0. The predicted octanol–water partition coefficient (Wildman–Crippen LogP) is 2.28. The van der Waals surface area contributed by atoms with Crippen LogP contribution in [-0.4, -0.2) is 22.9 Å². The maximum atomic E-state index is 9.33. The SMILES string of the molecule is C=CCC/C=C(\C)CC(CO)C(C)O. The van der Waals surface area contributed by atoms with E-state index in [9.17, 15) is 5.11 Å². The van der Waals surface area contributed by atoms with E-state index in [1.54, 1.807) is 6.92 Å². The molecule has 0 aliphatic rings. The summed E-state index contributed by atoms with van der Waals surface area (Å²) in [6.07, 6.45) is 6.34. The van der Waals surface area contributed by atoms with E-state index in [1.165, 1.54) is 5.57 Å². The topological polar surface area (TPSA) is 40.5 Å². The molecule has 2 nitrogen and oxygen atoms in total. The van der Waals surface area contributed by atoms with Crippen LogP contribution in [-0.2, 0) is 0 Å². The van der Waals surface area contributed by atoms with E-state index in [0.29, 0.717) is 0 Å². The highest BCUT2D eigenvalue weighted by Crippen LogP contribution is 2.15. The highest BCUT2D eigenvalue weighted by molar-refractivity contribution is 5.00. The van der Waals surface area contributed by atoms with Crippen molar-refractivity contribution in [1.29, 1.82) is 0 Å². The number of aliphatic hydroxyl groups is 2. The Morgan fingerprint density at radius 3 is 2.50 bits per heavy atom. The Hall–Kier alpha value is -0.600. The fraction of sp³-hybridized carbons (Fsp3) is 0.667. The molecule has 0 saturated carbocycles. The van der Waals surface area contributed by atoms with E-state index in [2.05, 4.69) is 12.7 Å². The van der Waals surface area contributed by atoms with Gasteiger partial charge in [-0.3, -0.25) is 0 Å². The van der Waals surface area contributed by atoms with Gasteiger partial charge in [0.15, 0.2) is 0 Å². The summed E-state index contributed by atoms with van der Waals surface area (Å²) >= 11 is 0. The number of unbranched alkanes of at least 4 members (excludes halogenated alkanes) is 1. The quantitative estimate of drug-likeness (QED) is 0.486. The second kappa shape index (κ2) is 7.77. The number of aliphatic hydroxyl groups excluding tert-OH is 2. The highest BCUT2D eigenvalue weighted by Gasteiger charge is 2.13. The Morgan fingerprint density at radius 2 is 2.07 bits per heavy atom. The van der Waals surface area contributed by atoms with Crippen molar-refractivity contribution < 1.29 is 10.2 Å². The average Bonchev–Trinajstić information content (AvgIpc) is 2.14. The third-order valence-electron chi connectivity index (χ3n) is 2.36. The third-order valence-corrected chi connectivity index (χ3v) is 2.36. The van der Waals surface area contributed by atoms with Crippen LogP contribution in [0.1, 0.15) is 33.1 Å². The first kappa shape index (κ1) is 13.4. The maximum absolute atomic E-state index is 9.33. The van der Waals surface area contributed by atoms with Crippen molar-refractivity contribution >= 4 is 0 Å². The maximum Gasteiger partial charge on any atom is 0.0565 e. The minimum absolute atomic E-state index is 0.0324. The molecule has 14 heavy (non-hydrogen) atoms. The molecule has 2 N–H and O–H groups in total. The van der Waals surface area contributed by atoms with Crippen LogP contribution in [0.5, 0.6) is 0 Å². The molecule has 0 aliphatic heterocycles. The normalized spacial score (nSPS) is 16.4. The second-order valence-corrected chi connectivity index (χ2v) is 3.80. The van der Waals surface area contributed by atoms with Crippen LogP contribution in [0.3, 0.4) is 0 Å². The largest absolute Gasteiger partial charge is 0.396 e. The standard InChI is InChI=1S/C12H22O2/c1-4-5-6-7-10(2)8-12(9-13)11(3)14/h4,7,11-14H,1,5-6,8-9H2,2-3H3/b10-7+. The molecule has 0 bridgehead atoms. The van der Waals surface area contributed by atoms with E-state index in [4.69, 9.17) is 5.11 Å². The molecule has 0 aliphatic carbocycles. The van der Waals surface area contributed by atoms with Gasteiger partial charge in [0, 0.05) is 12.5 Å². The molecule has 0 aromatic rings. The Labute approximate surface area is 87.0 Å². The summed E-state index contributed by atoms with van der Waals surface area (Å²) in [5.41, 5.74) is 1.23. The molecule has 2 unspecified atom stereocenters. The van der Waals surface area contributed by atoms with Gasteiger partial charge in [0.2, 0.25) is 0 Å². The fourth-order valence-electron chi connectivity index (χ4n) is 1.33. The smallest absolute Gasteiger partial charge is 0.0565 e. The Balaban J connectivity index is 3.94. The van der Waals surface area contributed by atoms with Gasteiger partial charge in [-0.2, -0.15) is 0 Å². The molecule has 0 radical (unpaired) electrons. The lowest BCUT2D eigenvalue weighted by Crippen LogP contribution is -2.20. The Kier molecular flexibility index (Phi) is 7.44. The van der Waals surface area contributed by atoms with Crippen molar-refractivity contribution in [3.8, 4) is 0 Å². The summed E-state index contributed by atoms with van der Waals surface area (Å²) in [5.74, 6) is -0.0324. The first-order chi connectivity index (χ1) is 6.61. The van der Waals surface area contributed by atoms with Crippen molar-refractivity contribution in [2.45, 2.75) is 39.2 Å². The van der Waals surface area contributed by atoms with Gasteiger partial charge in [0.05, 0.1) is 6.10 Å². The zero-order valence-electron chi connectivity index (χ0n) is 9.24. The van der Waals surface area contributed by atoms with Gasteiger partial charge in [0.1, 0.15) is 0 Å². The van der Waals surface area contributed by atoms with Crippen molar-refractivity contribution in [1.82, 2.24) is 0 Å². The van der Waals surface area contributed by atoms with E-state index in [-0.39, 0.29) is 12.5 Å². The van der Waals surface area contributed by atoms with Crippen LogP contribution in [0, 0.1) is 5.92 Å². The van der Waals surface area contributed by atoms with Gasteiger partial charge in [-0.15, -0.1) is 6.58 Å². The highest BCUT2D eigenvalue weighted by atomic mass is 16.3. The van der Waals surface area contributed by atoms with Gasteiger partial charge < -0.3 is 10.2 Å². The lowest BCUT2D eigenvalue weighted by Gasteiger charge is -2.17. The summed E-state index contributed by atoms with van der Waals surface area (Å²) in [5, 5.41) is 18.3. The van der Waals surface area contributed by atoms with Crippen molar-refractivity contribution in [2.75, 3.05) is 6.61 Å². The third kappa shape index (κ3) is 5.95. The Bertz CT molecular complexity index is 183. The van der Waals surface area contributed by atoms with Crippen LogP contribution in [0.25, 0.3) is 0 Å². The molecule has 0 aromatic carbocycles. The van der Waals surface area contributed by atoms with Crippen molar-refractivity contribution in [3.63, 3.8) is 0 Å². The molecule has 0 aromatic heterocycles. The Morgan fingerprint density at radius 1 is 1.43 bits per heavy atom. The number of rotatable bonds is 7. The average molecular weight is 198 g/mol. The molecule has 0 amide bonds. The fourth-order valence-corrected chi connectivity index (χ4v) is 1.33. The first-order valence-corrected chi connectivity index (χ1v) is 5.17. The van der Waals surface area contributed by atoms with E-state index in [0.717, 1.165) is 19.3 Å². The van der Waals surface area contributed by atoms with E-state index >= 15 is 0 Å². The minimum Gasteiger partial charge on any atom is -0.396 e. The van der Waals surface area contributed by atoms with Crippen LogP contribution in [0.15, 0.2) is 24.3 Å². The minimum atomic E-state index is -0.442. The van der Waals surface area contributed by atoms with Crippen LogP contribution < -0.4 is 0 Å². The summed E-state index contributed by atoms with van der Waals surface area (Å²) in [4.78, 5) is 0. The van der Waals surface area contributed by atoms with Crippen LogP contribution >= 0.6 is 0 Å². The van der Waals surface area contributed by atoms with Gasteiger partial charge in [0.25, 0.3) is 0 Å². The zero-order chi connectivity index (χ0) is 11.0. The zero-order valence-corrected chi connectivity index (χ0v) is 9.24. The van der Waals surface area contributed by atoms with E-state index in [1.807, 2.05) is 13.0 Å². The van der Waals surface area contributed by atoms with Gasteiger partial charge in [-0.25, -0.2) is 0 Å². The molecule has 0 rings (SSSR count). The molecule has 0 saturated heterocycles. The van der Waals surface area contributed by atoms with Gasteiger partial charge in [-0.05, 0) is 33.1 Å². The second-order valence-electron chi connectivity index (χ2n) is 3.80. The summed E-state index contributed by atoms with van der Waals surface area (Å²) in [6.45, 7) is 7.46. The predicted molar refractivity (Wildman–Crippen MR) is 60.1 cm³/mol. The molecule has 82 valence electrons. The lowest BCUT2D eigenvalue weighted by molar-refractivity contribution is 0.0809. The van der Waals surface area contributed by atoms with E-state index < -0.39 is 6.10 Å². The number of hydrogen-bond donors (Lipinski definition) is 2. The summed E-state index contributed by atoms with van der Waals surface area (Å²) in [6, 6.07) is 0. The molecular weight excluding hydrogens is 176 g/mol. The van der Waals surface area contributed by atoms with Crippen molar-refractivity contribution in [2.24, 2.45) is 5.92 Å². The molecule has 2 atom stereocenters. The van der Waals surface area contributed by atoms with Crippen molar-refractivity contribution in [3.05, 3.63) is 24.3 Å². The van der Waals surface area contributed by atoms with Crippen LogP contribution in [0.2, 0.25) is 0 Å². The molecule has 0 heterocycles. The monoisotopic (exact) mass is 198 g/mol. The van der Waals surface area contributed by atoms with Gasteiger partial charge >= 0.3 is 0 Å². The summed E-state index contributed by atoms with van der Waals surface area (Å²) in [7, 11) is 0. The molecular formula is C12H22O2. The molecule has 0 spiro atoms.